The minimum absolute atomic E-state index is 0.216. The van der Waals surface area contributed by atoms with E-state index >= 15 is 4.39 Å². The molecule has 2 atom stereocenters. The molecule has 35 heavy (non-hydrogen) atoms. The number of amides is 1. The second kappa shape index (κ2) is 9.24. The summed E-state index contributed by atoms with van der Waals surface area (Å²) in [7, 11) is 0. The molecule has 0 aromatic heterocycles. The number of anilines is 1. The number of hydrazine groups is 1. The predicted octanol–water partition coefficient (Wildman–Crippen LogP) is 4.46. The Morgan fingerprint density at radius 2 is 1.77 bits per heavy atom. The predicted molar refractivity (Wildman–Crippen MR) is 134 cm³/mol. The van der Waals surface area contributed by atoms with Crippen LogP contribution in [0.2, 0.25) is 0 Å². The summed E-state index contributed by atoms with van der Waals surface area (Å²) in [5, 5.41) is 17.4. The molecule has 8 heteroatoms. The molecule has 2 saturated heterocycles. The summed E-state index contributed by atoms with van der Waals surface area (Å²) < 4.78 is 15.3. The number of likely N-dealkylation sites (tertiary alicyclic amines) is 1. The van der Waals surface area contributed by atoms with Crippen LogP contribution in [0.1, 0.15) is 50.1 Å². The standard InChI is InChI=1S/C27H31FN5O2/c28-24-16-21(19-5-8-22(9-6-19)31-12-1-2-13-31)7-10-23(24)26-25(29-30-33(26)35)15-18-11-14-32(17-18)27(34)20-3-4-20/h5-10,16,18,20,26,30H,1-4,11-15,17H2/q-1/t18-,26?/m0/s1. The Hall–Kier alpha value is -2.97. The van der Waals surface area contributed by atoms with Crippen LogP contribution in [0.3, 0.4) is 0 Å². The van der Waals surface area contributed by atoms with Crippen LogP contribution in [0.25, 0.3) is 11.1 Å². The van der Waals surface area contributed by atoms with Crippen molar-refractivity contribution >= 4 is 17.3 Å². The van der Waals surface area contributed by atoms with Crippen LogP contribution in [0.15, 0.2) is 47.6 Å². The molecule has 184 valence electrons. The minimum Gasteiger partial charge on any atom is -0.765 e. The molecular weight excluding hydrogens is 445 g/mol. The van der Waals surface area contributed by atoms with Crippen molar-refractivity contribution in [3.63, 3.8) is 0 Å². The monoisotopic (exact) mass is 476 g/mol. The van der Waals surface area contributed by atoms with E-state index in [1.165, 1.54) is 24.6 Å². The molecule has 1 unspecified atom stereocenters. The van der Waals surface area contributed by atoms with E-state index in [0.717, 1.165) is 50.0 Å². The van der Waals surface area contributed by atoms with Gasteiger partial charge in [-0.15, -0.1) is 0 Å². The Morgan fingerprint density at radius 3 is 2.49 bits per heavy atom. The van der Waals surface area contributed by atoms with Crippen molar-refractivity contribution in [3.8, 4) is 11.1 Å². The molecule has 6 rings (SSSR count). The van der Waals surface area contributed by atoms with Gasteiger partial charge in [-0.2, -0.15) is 5.10 Å². The lowest BCUT2D eigenvalue weighted by Gasteiger charge is -2.30. The normalized spacial score (nSPS) is 24.7. The summed E-state index contributed by atoms with van der Waals surface area (Å²) in [6, 6.07) is 12.5. The summed E-state index contributed by atoms with van der Waals surface area (Å²) >= 11 is 0. The van der Waals surface area contributed by atoms with Gasteiger partial charge in [0.25, 0.3) is 0 Å². The number of hydrogen-bond donors (Lipinski definition) is 1. The number of hydrogen-bond acceptors (Lipinski definition) is 6. The Morgan fingerprint density at radius 1 is 1.03 bits per heavy atom. The maximum absolute atomic E-state index is 15.3. The molecule has 3 fully saturated rings. The second-order valence-corrected chi connectivity index (χ2v) is 10.3. The van der Waals surface area contributed by atoms with Crippen molar-refractivity contribution in [1.82, 2.24) is 15.6 Å². The van der Waals surface area contributed by atoms with E-state index in [1.54, 1.807) is 6.07 Å². The van der Waals surface area contributed by atoms with Gasteiger partial charge in [-0.1, -0.05) is 24.3 Å². The number of hydroxylamine groups is 1. The highest BCUT2D eigenvalue weighted by Gasteiger charge is 2.38. The molecule has 0 bridgehead atoms. The van der Waals surface area contributed by atoms with Crippen LogP contribution >= 0.6 is 0 Å². The van der Waals surface area contributed by atoms with Gasteiger partial charge >= 0.3 is 0 Å². The number of nitrogens with zero attached hydrogens (tertiary/aromatic N) is 4. The number of rotatable bonds is 6. The Kier molecular flexibility index (Phi) is 5.94. The molecule has 1 amide bonds. The Labute approximate surface area is 205 Å². The molecule has 1 aliphatic carbocycles. The van der Waals surface area contributed by atoms with Crippen LogP contribution in [0.5, 0.6) is 0 Å². The third-order valence-corrected chi connectivity index (χ3v) is 7.83. The number of hydrazone groups is 1. The number of nitrogens with one attached hydrogen (secondary N) is 1. The zero-order chi connectivity index (χ0) is 23.9. The molecular formula is C27H31FN5O2-. The SMILES string of the molecule is O=C(C1CC1)N1CC[C@@H](CC2=NNN([O-])C2c2ccc(-c3ccc(N4CCCC4)cc3)cc2F)C1. The highest BCUT2D eigenvalue weighted by molar-refractivity contribution is 5.92. The highest BCUT2D eigenvalue weighted by atomic mass is 19.1. The number of carbonyl (C=O) groups excluding carboxylic acids is 1. The lowest BCUT2D eigenvalue weighted by Crippen LogP contribution is -2.31. The number of benzene rings is 2. The molecule has 0 radical (unpaired) electrons. The summed E-state index contributed by atoms with van der Waals surface area (Å²) in [5.74, 6) is 0.304. The van der Waals surface area contributed by atoms with Crippen molar-refractivity contribution in [2.45, 2.75) is 44.6 Å². The van der Waals surface area contributed by atoms with E-state index in [1.807, 2.05) is 23.1 Å². The topological polar surface area (TPSA) is 74.2 Å². The zero-order valence-electron chi connectivity index (χ0n) is 19.8. The third kappa shape index (κ3) is 4.52. The first-order valence-electron chi connectivity index (χ1n) is 12.8. The quantitative estimate of drug-likeness (QED) is 0.667. The fourth-order valence-electron chi connectivity index (χ4n) is 5.68. The largest absolute Gasteiger partial charge is 0.765 e. The van der Waals surface area contributed by atoms with Crippen molar-refractivity contribution in [2.75, 3.05) is 31.1 Å². The fraction of sp³-hybridized carbons (Fsp3) is 0.481. The summed E-state index contributed by atoms with van der Waals surface area (Å²) in [6.07, 6.45) is 5.92. The van der Waals surface area contributed by atoms with Gasteiger partial charge in [0.1, 0.15) is 5.82 Å². The first kappa shape index (κ1) is 22.5. The molecule has 7 nitrogen and oxygen atoms in total. The van der Waals surface area contributed by atoms with E-state index < -0.39 is 11.9 Å². The van der Waals surface area contributed by atoms with Crippen molar-refractivity contribution in [1.29, 1.82) is 0 Å². The molecule has 3 aliphatic heterocycles. The van der Waals surface area contributed by atoms with E-state index in [4.69, 9.17) is 0 Å². The van der Waals surface area contributed by atoms with Gasteiger partial charge in [0.2, 0.25) is 5.91 Å². The van der Waals surface area contributed by atoms with Crippen LogP contribution in [0.4, 0.5) is 10.1 Å². The number of carbonyl (C=O) groups is 1. The van der Waals surface area contributed by atoms with Gasteiger partial charge in [0.05, 0.1) is 11.8 Å². The van der Waals surface area contributed by atoms with E-state index in [2.05, 4.69) is 27.7 Å². The first-order valence-corrected chi connectivity index (χ1v) is 12.8. The van der Waals surface area contributed by atoms with Crippen LogP contribution in [0, 0.1) is 22.9 Å². The number of halogens is 1. The van der Waals surface area contributed by atoms with Crippen LogP contribution in [-0.2, 0) is 4.79 Å². The van der Waals surface area contributed by atoms with Gasteiger partial charge < -0.3 is 15.0 Å². The van der Waals surface area contributed by atoms with E-state index in [-0.39, 0.29) is 17.7 Å². The van der Waals surface area contributed by atoms with E-state index in [9.17, 15) is 10.0 Å². The second-order valence-electron chi connectivity index (χ2n) is 10.3. The molecule has 4 aliphatic rings. The molecule has 1 N–H and O–H groups in total. The first-order chi connectivity index (χ1) is 17.1. The van der Waals surface area contributed by atoms with Gasteiger partial charge in [-0.25, -0.2) is 4.39 Å². The minimum atomic E-state index is -0.797. The fourth-order valence-corrected chi connectivity index (χ4v) is 5.68. The maximum atomic E-state index is 15.3. The smallest absolute Gasteiger partial charge is 0.225 e. The summed E-state index contributed by atoms with van der Waals surface area (Å²) in [5.41, 5.74) is 6.36. The van der Waals surface area contributed by atoms with Gasteiger partial charge in [-0.05, 0) is 73.8 Å². The van der Waals surface area contributed by atoms with Crippen LogP contribution < -0.4 is 10.4 Å². The Balaban J connectivity index is 1.15. The molecule has 2 aromatic carbocycles. The maximum Gasteiger partial charge on any atom is 0.225 e. The third-order valence-electron chi connectivity index (χ3n) is 7.83. The van der Waals surface area contributed by atoms with Gasteiger partial charge in [0, 0.05) is 43.3 Å². The molecule has 1 saturated carbocycles. The molecule has 0 spiro atoms. The lowest BCUT2D eigenvalue weighted by molar-refractivity contribution is -0.131. The zero-order valence-corrected chi connectivity index (χ0v) is 19.8. The summed E-state index contributed by atoms with van der Waals surface area (Å²) in [4.78, 5) is 16.7. The lowest BCUT2D eigenvalue weighted by atomic mass is 9.92. The average Bonchev–Trinajstić information content (AvgIpc) is 3.22. The van der Waals surface area contributed by atoms with Gasteiger partial charge in [0.15, 0.2) is 0 Å². The Bertz CT molecular complexity index is 1130. The molecule has 3 heterocycles. The van der Waals surface area contributed by atoms with Crippen molar-refractivity contribution in [2.24, 2.45) is 16.9 Å². The van der Waals surface area contributed by atoms with Gasteiger partial charge in [-0.3, -0.25) is 15.5 Å². The van der Waals surface area contributed by atoms with Crippen molar-refractivity contribution in [3.05, 3.63) is 59.1 Å². The average molecular weight is 477 g/mol. The molecule has 2 aromatic rings. The van der Waals surface area contributed by atoms with E-state index in [0.29, 0.717) is 29.4 Å². The highest BCUT2D eigenvalue weighted by Crippen LogP contribution is 2.36. The summed E-state index contributed by atoms with van der Waals surface area (Å²) in [6.45, 7) is 3.62. The van der Waals surface area contributed by atoms with Crippen molar-refractivity contribution < 1.29 is 9.18 Å². The van der Waals surface area contributed by atoms with Crippen LogP contribution in [-0.4, -0.2) is 47.9 Å².